The predicted octanol–water partition coefficient (Wildman–Crippen LogP) is 3.86. The van der Waals surface area contributed by atoms with E-state index in [4.69, 9.17) is 4.74 Å². The van der Waals surface area contributed by atoms with Crippen LogP contribution < -0.4 is 10.1 Å². The number of aromatic nitrogens is 3. The molecule has 1 aliphatic heterocycles. The molecule has 10 heteroatoms. The fourth-order valence-electron chi connectivity index (χ4n) is 4.65. The Bertz CT molecular complexity index is 1340. The molecule has 2 amide bonds. The highest BCUT2D eigenvalue weighted by Gasteiger charge is 2.37. The summed E-state index contributed by atoms with van der Waals surface area (Å²) in [7, 11) is 0. The lowest BCUT2D eigenvalue weighted by Crippen LogP contribution is -2.42. The van der Waals surface area contributed by atoms with Crippen LogP contribution in [0.15, 0.2) is 18.5 Å². The molecule has 2 aliphatic rings. The number of alkyl halides is 1. The van der Waals surface area contributed by atoms with Crippen LogP contribution >= 0.6 is 0 Å². The van der Waals surface area contributed by atoms with E-state index in [9.17, 15) is 14.0 Å². The van der Waals surface area contributed by atoms with E-state index < -0.39 is 23.9 Å². The van der Waals surface area contributed by atoms with Crippen molar-refractivity contribution in [1.82, 2.24) is 25.2 Å². The summed E-state index contributed by atoms with van der Waals surface area (Å²) in [6.45, 7) is 5.65. The van der Waals surface area contributed by atoms with Crippen molar-refractivity contribution >= 4 is 22.8 Å². The number of benzene rings is 1. The van der Waals surface area contributed by atoms with Gasteiger partial charge in [-0.25, -0.2) is 18.7 Å². The maximum Gasteiger partial charge on any atom is 0.255 e. The van der Waals surface area contributed by atoms with Gasteiger partial charge in [-0.1, -0.05) is 13.0 Å². The SMILES string of the molecule is CCC(=O)N1C[C@H](F)[C@H](NC(=O)c2c(C)[nH]c3c(-c4c(OCC5CC5)ccc(C)c4F)ncnc23)C1. The predicted molar refractivity (Wildman–Crippen MR) is 130 cm³/mol. The van der Waals surface area contributed by atoms with Crippen molar-refractivity contribution < 1.29 is 23.1 Å². The number of H-pyrrole nitrogens is 1. The average molecular weight is 498 g/mol. The van der Waals surface area contributed by atoms with Crippen molar-refractivity contribution in [2.24, 2.45) is 5.92 Å². The molecule has 8 nitrogen and oxygen atoms in total. The van der Waals surface area contributed by atoms with Gasteiger partial charge in [0.15, 0.2) is 0 Å². The zero-order valence-electron chi connectivity index (χ0n) is 20.5. The lowest BCUT2D eigenvalue weighted by atomic mass is 10.0. The Morgan fingerprint density at radius 3 is 2.72 bits per heavy atom. The van der Waals surface area contributed by atoms with Crippen molar-refractivity contribution in [3.8, 4) is 17.0 Å². The minimum absolute atomic E-state index is 0.0485. The van der Waals surface area contributed by atoms with Gasteiger partial charge in [0.1, 0.15) is 35.3 Å². The Morgan fingerprint density at radius 1 is 1.22 bits per heavy atom. The van der Waals surface area contributed by atoms with Gasteiger partial charge in [-0.3, -0.25) is 9.59 Å². The van der Waals surface area contributed by atoms with Crippen molar-refractivity contribution in [3.05, 3.63) is 41.1 Å². The molecule has 5 rings (SSSR count). The Kier molecular flexibility index (Phi) is 6.36. The number of nitrogens with one attached hydrogen (secondary N) is 2. The van der Waals surface area contributed by atoms with E-state index in [1.807, 2.05) is 0 Å². The monoisotopic (exact) mass is 497 g/mol. The van der Waals surface area contributed by atoms with Gasteiger partial charge in [0.05, 0.1) is 35.8 Å². The lowest BCUT2D eigenvalue weighted by molar-refractivity contribution is -0.130. The van der Waals surface area contributed by atoms with Crippen molar-refractivity contribution in [2.45, 2.75) is 52.2 Å². The van der Waals surface area contributed by atoms with Crippen LogP contribution in [-0.2, 0) is 4.79 Å². The highest BCUT2D eigenvalue weighted by atomic mass is 19.1. The Labute approximate surface area is 207 Å². The maximum absolute atomic E-state index is 15.4. The van der Waals surface area contributed by atoms with Crippen molar-refractivity contribution in [1.29, 1.82) is 0 Å². The molecule has 1 aliphatic carbocycles. The molecule has 1 saturated heterocycles. The van der Waals surface area contributed by atoms with Gasteiger partial charge in [-0.05, 0) is 44.2 Å². The Morgan fingerprint density at radius 2 is 2.00 bits per heavy atom. The van der Waals surface area contributed by atoms with Gasteiger partial charge in [-0.15, -0.1) is 0 Å². The first-order valence-electron chi connectivity index (χ1n) is 12.3. The zero-order valence-corrected chi connectivity index (χ0v) is 20.5. The number of aromatic amines is 1. The van der Waals surface area contributed by atoms with E-state index in [1.165, 1.54) is 11.2 Å². The van der Waals surface area contributed by atoms with E-state index in [0.717, 1.165) is 12.8 Å². The standard InChI is InChI=1S/C26H29F2N5O3/c1-4-19(34)33-9-16(27)17(10-33)32-26(35)20-14(3)31-25-23(20)29-12-30-24(25)21-18(36-11-15-6-7-15)8-5-13(2)22(21)28/h5,8,12,15-17,31H,4,6-7,9-11H2,1-3H3,(H,32,35)/t16-,17+/m0/s1. The number of aryl methyl sites for hydroxylation is 2. The molecule has 3 aromatic rings. The summed E-state index contributed by atoms with van der Waals surface area (Å²) in [4.78, 5) is 38.4. The number of fused-ring (bicyclic) bond motifs is 1. The van der Waals surface area contributed by atoms with Crippen LogP contribution in [0.2, 0.25) is 0 Å². The smallest absolute Gasteiger partial charge is 0.255 e. The third-order valence-corrected chi connectivity index (χ3v) is 6.92. The first kappa shape index (κ1) is 24.1. The molecule has 36 heavy (non-hydrogen) atoms. The van der Waals surface area contributed by atoms with Crippen LogP contribution in [0, 0.1) is 25.6 Å². The molecule has 190 valence electrons. The average Bonchev–Trinajstić information content (AvgIpc) is 3.53. The fourth-order valence-corrected chi connectivity index (χ4v) is 4.65. The van der Waals surface area contributed by atoms with Gasteiger partial charge in [0.25, 0.3) is 5.91 Å². The van der Waals surface area contributed by atoms with Crippen molar-refractivity contribution in [2.75, 3.05) is 19.7 Å². The van der Waals surface area contributed by atoms with E-state index in [0.29, 0.717) is 40.6 Å². The number of likely N-dealkylation sites (tertiary alicyclic amines) is 1. The molecule has 0 unspecified atom stereocenters. The first-order valence-corrected chi connectivity index (χ1v) is 12.3. The Hall–Kier alpha value is -3.56. The molecule has 2 N–H and O–H groups in total. The normalized spacial score (nSPS) is 19.6. The van der Waals surface area contributed by atoms with Gasteiger partial charge in [0.2, 0.25) is 5.91 Å². The third kappa shape index (κ3) is 4.40. The summed E-state index contributed by atoms with van der Waals surface area (Å²) >= 11 is 0. The van der Waals surface area contributed by atoms with Crippen LogP contribution in [-0.4, -0.2) is 63.6 Å². The topological polar surface area (TPSA) is 100 Å². The number of rotatable bonds is 7. The zero-order chi connectivity index (χ0) is 25.6. The number of hydrogen-bond donors (Lipinski definition) is 2. The van der Waals surface area contributed by atoms with Crippen LogP contribution in [0.5, 0.6) is 5.75 Å². The van der Waals surface area contributed by atoms with Crippen molar-refractivity contribution in [3.63, 3.8) is 0 Å². The number of nitrogens with zero attached hydrogens (tertiary/aromatic N) is 3. The van der Waals surface area contributed by atoms with Crippen LogP contribution in [0.3, 0.4) is 0 Å². The van der Waals surface area contributed by atoms with Gasteiger partial charge in [0, 0.05) is 18.7 Å². The minimum atomic E-state index is -1.37. The number of carbonyl (C=O) groups is 2. The highest BCUT2D eigenvalue weighted by Crippen LogP contribution is 2.39. The number of amides is 2. The molecule has 2 aromatic heterocycles. The second-order valence-electron chi connectivity index (χ2n) is 9.64. The largest absolute Gasteiger partial charge is 0.492 e. The maximum atomic E-state index is 15.4. The first-order chi connectivity index (χ1) is 17.3. The number of ether oxygens (including phenoxy) is 1. The van der Waals surface area contributed by atoms with Gasteiger partial charge in [-0.2, -0.15) is 0 Å². The van der Waals surface area contributed by atoms with E-state index in [-0.39, 0.29) is 42.2 Å². The molecule has 0 bridgehead atoms. The van der Waals surface area contributed by atoms with Crippen LogP contribution in [0.25, 0.3) is 22.3 Å². The highest BCUT2D eigenvalue weighted by molar-refractivity contribution is 6.09. The minimum Gasteiger partial charge on any atom is -0.492 e. The second-order valence-corrected chi connectivity index (χ2v) is 9.64. The molecular weight excluding hydrogens is 468 g/mol. The summed E-state index contributed by atoms with van der Waals surface area (Å²) in [6.07, 6.45) is 2.38. The van der Waals surface area contributed by atoms with E-state index >= 15 is 4.39 Å². The molecule has 2 atom stereocenters. The van der Waals surface area contributed by atoms with Gasteiger partial charge >= 0.3 is 0 Å². The summed E-state index contributed by atoms with van der Waals surface area (Å²) in [5.74, 6) is -0.260. The lowest BCUT2D eigenvalue weighted by Gasteiger charge is -2.16. The molecule has 3 heterocycles. The number of carbonyl (C=O) groups excluding carboxylic acids is 2. The molecule has 1 aromatic carbocycles. The summed E-state index contributed by atoms with van der Waals surface area (Å²) in [5, 5.41) is 2.72. The van der Waals surface area contributed by atoms with Gasteiger partial charge < -0.3 is 19.9 Å². The molecule has 1 saturated carbocycles. The quantitative estimate of drug-likeness (QED) is 0.516. The Balaban J connectivity index is 1.49. The van der Waals surface area contributed by atoms with E-state index in [2.05, 4.69) is 20.3 Å². The third-order valence-electron chi connectivity index (χ3n) is 6.92. The molecule has 0 radical (unpaired) electrons. The second kappa shape index (κ2) is 9.48. The van der Waals surface area contributed by atoms with Crippen LogP contribution in [0.1, 0.15) is 47.8 Å². The summed E-state index contributed by atoms with van der Waals surface area (Å²) in [5.41, 5.74) is 2.37. The van der Waals surface area contributed by atoms with E-state index in [1.54, 1.807) is 32.9 Å². The van der Waals surface area contributed by atoms with Crippen LogP contribution in [0.4, 0.5) is 8.78 Å². The molecule has 0 spiro atoms. The molecular formula is C26H29F2N5O3. The molecule has 2 fully saturated rings. The summed E-state index contributed by atoms with van der Waals surface area (Å²) in [6, 6.07) is 2.58. The number of halogens is 2. The summed E-state index contributed by atoms with van der Waals surface area (Å²) < 4.78 is 36.0. The fraction of sp³-hybridized carbons (Fsp3) is 0.462. The number of hydrogen-bond acceptors (Lipinski definition) is 5.